The van der Waals surface area contributed by atoms with Crippen LogP contribution < -0.4 is 14.4 Å². The molecule has 1 fully saturated rings. The molecule has 33 heavy (non-hydrogen) atoms. The van der Waals surface area contributed by atoms with Gasteiger partial charge in [0.05, 0.1) is 40.8 Å². The van der Waals surface area contributed by atoms with Gasteiger partial charge in [-0.15, -0.1) is 0 Å². The molecule has 9 nitrogen and oxygen atoms in total. The maximum Gasteiger partial charge on any atom is 0.337 e. The predicted molar refractivity (Wildman–Crippen MR) is 124 cm³/mol. The number of halogens is 1. The number of nitrogens with zero attached hydrogens (tertiary/aromatic N) is 1. The number of piperidine rings is 1. The van der Waals surface area contributed by atoms with Crippen molar-refractivity contribution in [2.24, 2.45) is 5.92 Å². The van der Waals surface area contributed by atoms with E-state index in [0.717, 1.165) is 0 Å². The van der Waals surface area contributed by atoms with Crippen LogP contribution in [0.3, 0.4) is 0 Å². The van der Waals surface area contributed by atoms with E-state index in [0.29, 0.717) is 37.4 Å². The van der Waals surface area contributed by atoms with E-state index in [4.69, 9.17) is 21.1 Å². The Morgan fingerprint density at radius 1 is 1.24 bits per heavy atom. The highest BCUT2D eigenvalue weighted by atomic mass is 35.5. The molecule has 0 saturated carbocycles. The van der Waals surface area contributed by atoms with Crippen LogP contribution in [0.4, 0.5) is 11.4 Å². The minimum atomic E-state index is -4.03. The minimum Gasteiger partial charge on any atom is -0.495 e. The Morgan fingerprint density at radius 3 is 2.64 bits per heavy atom. The third-order valence-electron chi connectivity index (χ3n) is 5.29. The first-order valence-corrected chi connectivity index (χ1v) is 12.2. The van der Waals surface area contributed by atoms with Crippen LogP contribution in [0.25, 0.3) is 0 Å². The predicted octanol–water partition coefficient (Wildman–Crippen LogP) is 3.63. The monoisotopic (exact) mass is 496 g/mol. The number of carbonyl (C=O) groups excluding carboxylic acids is 1. The van der Waals surface area contributed by atoms with E-state index in [9.17, 15) is 23.1 Å². The summed E-state index contributed by atoms with van der Waals surface area (Å²) in [5.74, 6) is -1.53. The molecule has 1 atom stereocenters. The Kier molecular flexibility index (Phi) is 7.70. The Hall–Kier alpha value is -2.98. The zero-order valence-electron chi connectivity index (χ0n) is 18.2. The Labute approximate surface area is 197 Å². The smallest absolute Gasteiger partial charge is 0.337 e. The first-order valence-electron chi connectivity index (χ1n) is 10.3. The molecule has 0 amide bonds. The number of rotatable bonds is 8. The first kappa shape index (κ1) is 24.7. The van der Waals surface area contributed by atoms with Crippen LogP contribution in [0, 0.1) is 5.92 Å². The van der Waals surface area contributed by atoms with Gasteiger partial charge in [0.1, 0.15) is 5.75 Å². The fraction of sp³-hybridized carbons (Fsp3) is 0.364. The fourth-order valence-corrected chi connectivity index (χ4v) is 5.12. The number of nitrogens with one attached hydrogen (secondary N) is 1. The normalized spacial score (nSPS) is 16.2. The summed E-state index contributed by atoms with van der Waals surface area (Å²) in [6, 6.07) is 8.29. The van der Waals surface area contributed by atoms with Gasteiger partial charge >= 0.3 is 11.9 Å². The van der Waals surface area contributed by atoms with Crippen LogP contribution in [0.15, 0.2) is 41.3 Å². The van der Waals surface area contributed by atoms with Gasteiger partial charge in [-0.3, -0.25) is 9.52 Å². The molecule has 0 radical (unpaired) electrons. The van der Waals surface area contributed by atoms with Gasteiger partial charge in [-0.1, -0.05) is 11.6 Å². The second-order valence-corrected chi connectivity index (χ2v) is 9.57. The highest BCUT2D eigenvalue weighted by molar-refractivity contribution is 7.92. The number of aromatic carboxylic acids is 1. The lowest BCUT2D eigenvalue weighted by Crippen LogP contribution is -2.40. The molecule has 11 heteroatoms. The van der Waals surface area contributed by atoms with Crippen LogP contribution in [0.5, 0.6) is 5.75 Å². The molecule has 3 rings (SSSR count). The maximum absolute atomic E-state index is 12.8. The summed E-state index contributed by atoms with van der Waals surface area (Å²) in [6.45, 7) is 2.92. The Bertz CT molecular complexity index is 1150. The molecule has 1 aliphatic heterocycles. The second kappa shape index (κ2) is 10.3. The lowest BCUT2D eigenvalue weighted by atomic mass is 9.97. The minimum absolute atomic E-state index is 0.0764. The summed E-state index contributed by atoms with van der Waals surface area (Å²) in [7, 11) is -2.61. The summed E-state index contributed by atoms with van der Waals surface area (Å²) in [5, 5.41) is 9.89. The van der Waals surface area contributed by atoms with Gasteiger partial charge in [0.15, 0.2) is 0 Å². The lowest BCUT2D eigenvalue weighted by Gasteiger charge is -2.34. The van der Waals surface area contributed by atoms with E-state index in [2.05, 4.69) is 4.72 Å². The number of carboxylic acid groups (broad SMARTS) is 1. The largest absolute Gasteiger partial charge is 0.495 e. The van der Waals surface area contributed by atoms with Gasteiger partial charge in [0, 0.05) is 18.8 Å². The zero-order chi connectivity index (χ0) is 24.2. The number of ether oxygens (including phenoxy) is 2. The molecular formula is C22H25ClN2O7S. The standard InChI is InChI=1S/C22H25ClN2O7S/c1-3-32-22(28)14-5-4-10-25(13-14)19-8-6-15(11-17(19)21(26)27)24-33(29,30)16-7-9-20(31-2)18(23)12-16/h6-9,11-12,14,24H,3-5,10,13H2,1-2H3,(H,26,27)/t14-/m1/s1. The van der Waals surface area contributed by atoms with Crippen LogP contribution in [-0.2, 0) is 19.6 Å². The Balaban J connectivity index is 1.86. The second-order valence-electron chi connectivity index (χ2n) is 7.48. The van der Waals surface area contributed by atoms with Gasteiger partial charge in [-0.25, -0.2) is 13.2 Å². The van der Waals surface area contributed by atoms with E-state index in [-0.39, 0.29) is 39.7 Å². The van der Waals surface area contributed by atoms with Crippen molar-refractivity contribution in [3.63, 3.8) is 0 Å². The number of sulfonamides is 1. The van der Waals surface area contributed by atoms with Crippen molar-refractivity contribution in [2.45, 2.75) is 24.7 Å². The number of esters is 1. The van der Waals surface area contributed by atoms with E-state index in [1.54, 1.807) is 6.92 Å². The molecule has 1 aliphatic rings. The zero-order valence-corrected chi connectivity index (χ0v) is 19.8. The molecule has 1 heterocycles. The van der Waals surface area contributed by atoms with E-state index < -0.39 is 16.0 Å². The number of carboxylic acids is 1. The van der Waals surface area contributed by atoms with Crippen molar-refractivity contribution in [3.8, 4) is 5.75 Å². The number of methoxy groups -OCH3 is 1. The first-order chi connectivity index (χ1) is 15.7. The van der Waals surface area contributed by atoms with Gasteiger partial charge in [-0.2, -0.15) is 0 Å². The molecule has 2 aromatic carbocycles. The molecule has 0 unspecified atom stereocenters. The molecule has 2 aromatic rings. The number of anilines is 2. The number of benzene rings is 2. The number of hydrogen-bond donors (Lipinski definition) is 2. The SMILES string of the molecule is CCOC(=O)[C@@H]1CCCN(c2ccc(NS(=O)(=O)c3ccc(OC)c(Cl)c3)cc2C(=O)O)C1. The van der Waals surface area contributed by atoms with Crippen molar-refractivity contribution >= 4 is 44.9 Å². The van der Waals surface area contributed by atoms with Crippen LogP contribution >= 0.6 is 11.6 Å². The molecule has 0 aliphatic carbocycles. The topological polar surface area (TPSA) is 122 Å². The molecule has 0 bridgehead atoms. The van der Waals surface area contributed by atoms with E-state index in [1.807, 2.05) is 4.90 Å². The third kappa shape index (κ3) is 5.69. The summed E-state index contributed by atoms with van der Waals surface area (Å²) in [5.41, 5.74) is 0.418. The van der Waals surface area contributed by atoms with Gasteiger partial charge < -0.3 is 19.5 Å². The van der Waals surface area contributed by atoms with Gasteiger partial charge in [0.25, 0.3) is 10.0 Å². The van der Waals surface area contributed by atoms with Crippen molar-refractivity contribution in [2.75, 3.05) is 36.4 Å². The number of carbonyl (C=O) groups is 2. The van der Waals surface area contributed by atoms with Crippen LogP contribution in [0.1, 0.15) is 30.1 Å². The summed E-state index contributed by atoms with van der Waals surface area (Å²) in [4.78, 5) is 25.8. The molecule has 1 saturated heterocycles. The maximum atomic E-state index is 12.8. The molecule has 0 spiro atoms. The van der Waals surface area contributed by atoms with Crippen molar-refractivity contribution < 1.29 is 32.6 Å². The summed E-state index contributed by atoms with van der Waals surface area (Å²) >= 11 is 6.03. The van der Waals surface area contributed by atoms with Crippen molar-refractivity contribution in [1.82, 2.24) is 0 Å². The van der Waals surface area contributed by atoms with Crippen LogP contribution in [0.2, 0.25) is 5.02 Å². The van der Waals surface area contributed by atoms with Gasteiger partial charge in [0.2, 0.25) is 0 Å². The third-order valence-corrected chi connectivity index (χ3v) is 6.97. The van der Waals surface area contributed by atoms with E-state index >= 15 is 0 Å². The average molecular weight is 497 g/mol. The molecule has 2 N–H and O–H groups in total. The highest BCUT2D eigenvalue weighted by Gasteiger charge is 2.29. The molecule has 0 aromatic heterocycles. The number of hydrogen-bond acceptors (Lipinski definition) is 7. The molecule has 178 valence electrons. The highest BCUT2D eigenvalue weighted by Crippen LogP contribution is 2.31. The van der Waals surface area contributed by atoms with Crippen LogP contribution in [-0.4, -0.2) is 52.3 Å². The lowest BCUT2D eigenvalue weighted by molar-refractivity contribution is -0.148. The Morgan fingerprint density at radius 2 is 2.00 bits per heavy atom. The average Bonchev–Trinajstić information content (AvgIpc) is 2.79. The van der Waals surface area contributed by atoms with Crippen molar-refractivity contribution in [3.05, 3.63) is 47.0 Å². The molecular weight excluding hydrogens is 472 g/mol. The quantitative estimate of drug-likeness (QED) is 0.531. The fourth-order valence-electron chi connectivity index (χ4n) is 3.72. The summed E-state index contributed by atoms with van der Waals surface area (Å²) in [6.07, 6.45) is 1.37. The summed E-state index contributed by atoms with van der Waals surface area (Å²) < 4.78 is 38.1. The van der Waals surface area contributed by atoms with Gasteiger partial charge in [-0.05, 0) is 56.2 Å². The van der Waals surface area contributed by atoms with E-state index in [1.165, 1.54) is 43.5 Å². The van der Waals surface area contributed by atoms with Crippen molar-refractivity contribution in [1.29, 1.82) is 0 Å².